The molecule has 0 bridgehead atoms. The molecule has 0 saturated carbocycles. The van der Waals surface area contributed by atoms with Crippen LogP contribution in [0.1, 0.15) is 11.4 Å². The number of piperazine rings is 1. The summed E-state index contributed by atoms with van der Waals surface area (Å²) in [6.45, 7) is 5.36. The fraction of sp³-hybridized carbons (Fsp3) is 0.583. The van der Waals surface area contributed by atoms with E-state index in [9.17, 15) is 0 Å². The zero-order valence-corrected chi connectivity index (χ0v) is 9.76. The molecule has 0 amide bonds. The average Bonchev–Trinajstić information content (AvgIpc) is 2.32. The van der Waals surface area contributed by atoms with Crippen molar-refractivity contribution in [2.24, 2.45) is 0 Å². The van der Waals surface area contributed by atoms with Gasteiger partial charge in [-0.2, -0.15) is 0 Å². The minimum atomic E-state index is 0.0244. The van der Waals surface area contributed by atoms with Crippen molar-refractivity contribution in [3.63, 3.8) is 0 Å². The Morgan fingerprint density at radius 3 is 2.56 bits per heavy atom. The first-order valence-electron chi connectivity index (χ1n) is 5.74. The second-order valence-corrected chi connectivity index (χ2v) is 4.36. The third-order valence-electron chi connectivity index (χ3n) is 3.01. The van der Waals surface area contributed by atoms with Gasteiger partial charge in [0.25, 0.3) is 0 Å². The summed E-state index contributed by atoms with van der Waals surface area (Å²) in [5.41, 5.74) is 1.81. The van der Waals surface area contributed by atoms with Gasteiger partial charge in [0.15, 0.2) is 0 Å². The number of rotatable bonds is 3. The van der Waals surface area contributed by atoms with E-state index in [1.807, 2.05) is 18.2 Å². The fourth-order valence-corrected chi connectivity index (χ4v) is 1.94. The zero-order chi connectivity index (χ0) is 11.4. The molecular formula is C12H19N3O. The molecule has 2 rings (SSSR count). The quantitative estimate of drug-likeness (QED) is 0.798. The van der Waals surface area contributed by atoms with Crippen LogP contribution in [0.4, 0.5) is 0 Å². The van der Waals surface area contributed by atoms with E-state index in [1.165, 1.54) is 0 Å². The van der Waals surface area contributed by atoms with Crippen LogP contribution < -0.4 is 0 Å². The Morgan fingerprint density at radius 1 is 1.19 bits per heavy atom. The Hall–Kier alpha value is -0.970. The van der Waals surface area contributed by atoms with Gasteiger partial charge in [-0.1, -0.05) is 6.07 Å². The normalized spacial score (nSPS) is 18.9. The Kier molecular flexibility index (Phi) is 3.88. The van der Waals surface area contributed by atoms with Crippen LogP contribution in [0.25, 0.3) is 0 Å². The van der Waals surface area contributed by atoms with Gasteiger partial charge in [-0.3, -0.25) is 9.88 Å². The van der Waals surface area contributed by atoms with Crippen molar-refractivity contribution in [3.8, 4) is 0 Å². The van der Waals surface area contributed by atoms with Crippen LogP contribution in [0, 0.1) is 0 Å². The van der Waals surface area contributed by atoms with Crippen LogP contribution in [0.15, 0.2) is 18.2 Å². The van der Waals surface area contributed by atoms with Crippen molar-refractivity contribution in [1.82, 2.24) is 14.8 Å². The molecule has 88 valence electrons. The molecule has 0 atom stereocenters. The Labute approximate surface area is 96.5 Å². The van der Waals surface area contributed by atoms with Gasteiger partial charge in [-0.25, -0.2) is 0 Å². The van der Waals surface area contributed by atoms with Gasteiger partial charge in [-0.05, 0) is 19.2 Å². The van der Waals surface area contributed by atoms with Crippen molar-refractivity contribution in [2.75, 3.05) is 33.2 Å². The molecule has 0 aromatic carbocycles. The second kappa shape index (κ2) is 5.39. The van der Waals surface area contributed by atoms with Crippen LogP contribution in [0.3, 0.4) is 0 Å². The number of hydrogen-bond acceptors (Lipinski definition) is 4. The standard InChI is InChI=1S/C12H19N3O/c1-14-5-7-15(8-6-14)9-11-3-2-4-12(10-16)13-11/h2-4,16H,5-10H2,1H3. The summed E-state index contributed by atoms with van der Waals surface area (Å²) in [6, 6.07) is 5.84. The van der Waals surface area contributed by atoms with E-state index in [2.05, 4.69) is 21.8 Å². The summed E-state index contributed by atoms with van der Waals surface area (Å²) >= 11 is 0. The van der Waals surface area contributed by atoms with Gasteiger partial charge in [0.05, 0.1) is 18.0 Å². The first kappa shape index (κ1) is 11.5. The Balaban J connectivity index is 1.93. The lowest BCUT2D eigenvalue weighted by atomic mass is 10.2. The van der Waals surface area contributed by atoms with Gasteiger partial charge < -0.3 is 10.0 Å². The number of hydrogen-bond donors (Lipinski definition) is 1. The summed E-state index contributed by atoms with van der Waals surface area (Å²) in [5.74, 6) is 0. The van der Waals surface area contributed by atoms with E-state index in [1.54, 1.807) is 0 Å². The lowest BCUT2D eigenvalue weighted by Crippen LogP contribution is -2.44. The van der Waals surface area contributed by atoms with E-state index in [0.29, 0.717) is 0 Å². The highest BCUT2D eigenvalue weighted by Gasteiger charge is 2.14. The summed E-state index contributed by atoms with van der Waals surface area (Å²) in [5, 5.41) is 9.02. The monoisotopic (exact) mass is 221 g/mol. The van der Waals surface area contributed by atoms with Crippen molar-refractivity contribution >= 4 is 0 Å². The fourth-order valence-electron chi connectivity index (χ4n) is 1.94. The molecule has 0 radical (unpaired) electrons. The van der Waals surface area contributed by atoms with Gasteiger partial charge in [0.1, 0.15) is 0 Å². The van der Waals surface area contributed by atoms with E-state index in [0.717, 1.165) is 44.1 Å². The number of pyridine rings is 1. The van der Waals surface area contributed by atoms with Gasteiger partial charge in [0.2, 0.25) is 0 Å². The van der Waals surface area contributed by atoms with Crippen LogP contribution in [-0.2, 0) is 13.2 Å². The molecule has 4 nitrogen and oxygen atoms in total. The maximum absolute atomic E-state index is 9.02. The van der Waals surface area contributed by atoms with Crippen molar-refractivity contribution in [3.05, 3.63) is 29.6 Å². The number of nitrogens with zero attached hydrogens (tertiary/aromatic N) is 3. The molecule has 1 saturated heterocycles. The second-order valence-electron chi connectivity index (χ2n) is 4.36. The molecule has 0 aliphatic carbocycles. The van der Waals surface area contributed by atoms with E-state index in [4.69, 9.17) is 5.11 Å². The van der Waals surface area contributed by atoms with Gasteiger partial charge in [0, 0.05) is 32.7 Å². The highest BCUT2D eigenvalue weighted by atomic mass is 16.3. The number of likely N-dealkylation sites (N-methyl/N-ethyl adjacent to an activating group) is 1. The molecule has 0 spiro atoms. The number of aromatic nitrogens is 1. The highest BCUT2D eigenvalue weighted by molar-refractivity contribution is 5.10. The SMILES string of the molecule is CN1CCN(Cc2cccc(CO)n2)CC1. The first-order chi connectivity index (χ1) is 7.78. The zero-order valence-electron chi connectivity index (χ0n) is 9.76. The summed E-state index contributed by atoms with van der Waals surface area (Å²) in [4.78, 5) is 9.15. The third-order valence-corrected chi connectivity index (χ3v) is 3.01. The van der Waals surface area contributed by atoms with Crippen LogP contribution in [0.5, 0.6) is 0 Å². The van der Waals surface area contributed by atoms with E-state index in [-0.39, 0.29) is 6.61 Å². The smallest absolute Gasteiger partial charge is 0.0853 e. The van der Waals surface area contributed by atoms with Crippen LogP contribution in [0.2, 0.25) is 0 Å². The molecule has 1 aromatic heterocycles. The molecular weight excluding hydrogens is 202 g/mol. The summed E-state index contributed by atoms with van der Waals surface area (Å²) in [7, 11) is 2.15. The van der Waals surface area contributed by atoms with E-state index >= 15 is 0 Å². The Bertz CT molecular complexity index is 335. The Morgan fingerprint density at radius 2 is 1.88 bits per heavy atom. The summed E-state index contributed by atoms with van der Waals surface area (Å²) in [6.07, 6.45) is 0. The molecule has 0 unspecified atom stereocenters. The minimum Gasteiger partial charge on any atom is -0.390 e. The third kappa shape index (κ3) is 3.01. The van der Waals surface area contributed by atoms with Gasteiger partial charge >= 0.3 is 0 Å². The molecule has 1 fully saturated rings. The maximum atomic E-state index is 9.02. The van der Waals surface area contributed by atoms with Crippen LogP contribution >= 0.6 is 0 Å². The molecule has 2 heterocycles. The predicted octanol–water partition coefficient (Wildman–Crippen LogP) is 0.321. The number of aliphatic hydroxyl groups is 1. The molecule has 1 aliphatic heterocycles. The molecule has 1 aliphatic rings. The van der Waals surface area contributed by atoms with Gasteiger partial charge in [-0.15, -0.1) is 0 Å². The minimum absolute atomic E-state index is 0.0244. The lowest BCUT2D eigenvalue weighted by molar-refractivity contribution is 0.146. The van der Waals surface area contributed by atoms with E-state index < -0.39 is 0 Å². The molecule has 1 aromatic rings. The molecule has 1 N–H and O–H groups in total. The highest BCUT2D eigenvalue weighted by Crippen LogP contribution is 2.06. The van der Waals surface area contributed by atoms with Crippen molar-refractivity contribution in [2.45, 2.75) is 13.2 Å². The average molecular weight is 221 g/mol. The lowest BCUT2D eigenvalue weighted by Gasteiger charge is -2.32. The first-order valence-corrected chi connectivity index (χ1v) is 5.74. The number of aliphatic hydroxyl groups excluding tert-OH is 1. The van der Waals surface area contributed by atoms with Crippen LogP contribution in [-0.4, -0.2) is 53.1 Å². The van der Waals surface area contributed by atoms with Crippen molar-refractivity contribution < 1.29 is 5.11 Å². The van der Waals surface area contributed by atoms with Crippen molar-refractivity contribution in [1.29, 1.82) is 0 Å². The predicted molar refractivity (Wildman–Crippen MR) is 62.9 cm³/mol. The molecule has 4 heteroatoms. The molecule has 16 heavy (non-hydrogen) atoms. The maximum Gasteiger partial charge on any atom is 0.0853 e. The largest absolute Gasteiger partial charge is 0.390 e. The summed E-state index contributed by atoms with van der Waals surface area (Å²) < 4.78 is 0. The topological polar surface area (TPSA) is 39.6 Å².